The van der Waals surface area contributed by atoms with Gasteiger partial charge in [0.05, 0.1) is 0 Å². The summed E-state index contributed by atoms with van der Waals surface area (Å²) in [4.78, 5) is 29.5. The summed E-state index contributed by atoms with van der Waals surface area (Å²) in [5.74, 6) is -0.00141. The molecule has 1 aliphatic heterocycles. The van der Waals surface area contributed by atoms with Crippen molar-refractivity contribution < 1.29 is 14.3 Å². The molecule has 0 N–H and O–H groups in total. The van der Waals surface area contributed by atoms with Crippen molar-refractivity contribution >= 4 is 27.9 Å². The van der Waals surface area contributed by atoms with Gasteiger partial charge in [-0.05, 0) is 71.6 Å². The molecule has 1 heterocycles. The number of piperidine rings is 1. The van der Waals surface area contributed by atoms with Crippen molar-refractivity contribution in [1.29, 1.82) is 0 Å². The van der Waals surface area contributed by atoms with Gasteiger partial charge in [0.1, 0.15) is 11.6 Å². The number of hydrogen-bond acceptors (Lipinski definition) is 3. The number of amides is 2. The Morgan fingerprint density at radius 2 is 1.85 bits per heavy atom. The highest BCUT2D eigenvalue weighted by atomic mass is 79.9. The van der Waals surface area contributed by atoms with Crippen molar-refractivity contribution in [1.82, 2.24) is 9.80 Å². The first kappa shape index (κ1) is 21.7. The summed E-state index contributed by atoms with van der Waals surface area (Å²) in [7, 11) is 0. The van der Waals surface area contributed by atoms with Crippen LogP contribution in [0.2, 0.25) is 0 Å². The van der Waals surface area contributed by atoms with Gasteiger partial charge in [-0.3, -0.25) is 9.69 Å². The van der Waals surface area contributed by atoms with Crippen LogP contribution in [0, 0.1) is 0 Å². The number of carbonyl (C=O) groups is 2. The van der Waals surface area contributed by atoms with Gasteiger partial charge in [0, 0.05) is 23.6 Å². The number of hydrogen-bond donors (Lipinski definition) is 0. The van der Waals surface area contributed by atoms with E-state index in [2.05, 4.69) is 15.9 Å². The molecule has 1 aliphatic rings. The van der Waals surface area contributed by atoms with Crippen LogP contribution in [0.3, 0.4) is 0 Å². The van der Waals surface area contributed by atoms with Gasteiger partial charge in [-0.15, -0.1) is 0 Å². The van der Waals surface area contributed by atoms with Crippen molar-refractivity contribution in [3.63, 3.8) is 0 Å². The van der Waals surface area contributed by atoms with Gasteiger partial charge in [0.15, 0.2) is 0 Å². The Balaban J connectivity index is 2.18. The Kier molecular flexibility index (Phi) is 7.32. The average molecular weight is 439 g/mol. The summed E-state index contributed by atoms with van der Waals surface area (Å²) in [6, 6.07) is 7.58. The fourth-order valence-corrected chi connectivity index (χ4v) is 3.48. The predicted molar refractivity (Wildman–Crippen MR) is 110 cm³/mol. The van der Waals surface area contributed by atoms with Crippen LogP contribution in [0.5, 0.6) is 0 Å². The van der Waals surface area contributed by atoms with E-state index in [0.29, 0.717) is 19.5 Å². The zero-order chi connectivity index (χ0) is 20.2. The number of benzene rings is 1. The lowest BCUT2D eigenvalue weighted by Gasteiger charge is -2.39. The molecule has 2 rings (SSSR count). The standard InChI is InChI=1S/C21H31BrN2O3/c1-15(2)24(14-16-9-11-17(22)12-10-16)19(25)18-8-6-7-13-23(18)20(26)27-21(3,4)5/h9-12,15,18H,6-8,13-14H2,1-5H3. The molecule has 1 fully saturated rings. The molecule has 1 unspecified atom stereocenters. The molecule has 27 heavy (non-hydrogen) atoms. The molecule has 0 aromatic heterocycles. The number of likely N-dealkylation sites (tertiary alicyclic amines) is 1. The lowest BCUT2D eigenvalue weighted by atomic mass is 10.0. The zero-order valence-corrected chi connectivity index (χ0v) is 18.6. The fourth-order valence-electron chi connectivity index (χ4n) is 3.22. The summed E-state index contributed by atoms with van der Waals surface area (Å²) < 4.78 is 6.55. The van der Waals surface area contributed by atoms with Gasteiger partial charge in [0.2, 0.25) is 5.91 Å². The van der Waals surface area contributed by atoms with Crippen LogP contribution in [0.1, 0.15) is 59.4 Å². The minimum Gasteiger partial charge on any atom is -0.444 e. The first-order chi connectivity index (χ1) is 12.6. The van der Waals surface area contributed by atoms with Crippen molar-refractivity contribution in [2.75, 3.05) is 6.54 Å². The van der Waals surface area contributed by atoms with E-state index in [1.807, 2.05) is 63.8 Å². The molecule has 1 aromatic carbocycles. The lowest BCUT2D eigenvalue weighted by Crippen LogP contribution is -2.55. The molecule has 2 amide bonds. The molecular formula is C21H31BrN2O3. The third-order valence-corrected chi connectivity index (χ3v) is 5.12. The van der Waals surface area contributed by atoms with E-state index in [9.17, 15) is 9.59 Å². The third kappa shape index (κ3) is 6.23. The molecule has 0 spiro atoms. The highest BCUT2D eigenvalue weighted by Gasteiger charge is 2.37. The van der Waals surface area contributed by atoms with Gasteiger partial charge in [-0.1, -0.05) is 28.1 Å². The van der Waals surface area contributed by atoms with Crippen LogP contribution in [-0.4, -0.2) is 46.0 Å². The Labute approximate surface area is 171 Å². The summed E-state index contributed by atoms with van der Waals surface area (Å²) >= 11 is 3.44. The SMILES string of the molecule is CC(C)N(Cc1ccc(Br)cc1)C(=O)C1CCCCN1C(=O)OC(C)(C)C. The van der Waals surface area contributed by atoms with E-state index < -0.39 is 17.7 Å². The van der Waals surface area contributed by atoms with Crippen LogP contribution in [0.25, 0.3) is 0 Å². The maximum Gasteiger partial charge on any atom is 0.410 e. The van der Waals surface area contributed by atoms with E-state index in [1.165, 1.54) is 0 Å². The zero-order valence-electron chi connectivity index (χ0n) is 17.0. The normalized spacial score (nSPS) is 17.7. The number of nitrogens with zero attached hydrogens (tertiary/aromatic N) is 2. The summed E-state index contributed by atoms with van der Waals surface area (Å²) in [6.07, 6.45) is 2.13. The monoisotopic (exact) mass is 438 g/mol. The predicted octanol–water partition coefficient (Wildman–Crippen LogP) is 4.98. The largest absolute Gasteiger partial charge is 0.444 e. The average Bonchev–Trinajstić information content (AvgIpc) is 2.59. The summed E-state index contributed by atoms with van der Waals surface area (Å²) in [6.45, 7) is 10.7. The highest BCUT2D eigenvalue weighted by Crippen LogP contribution is 2.24. The molecule has 1 aromatic rings. The van der Waals surface area contributed by atoms with Gasteiger partial charge in [-0.2, -0.15) is 0 Å². The minimum atomic E-state index is -0.572. The Morgan fingerprint density at radius 3 is 2.41 bits per heavy atom. The second-order valence-electron chi connectivity index (χ2n) is 8.37. The maximum absolute atomic E-state index is 13.4. The number of halogens is 1. The van der Waals surface area contributed by atoms with E-state index in [4.69, 9.17) is 4.74 Å². The Morgan fingerprint density at radius 1 is 1.22 bits per heavy atom. The number of carbonyl (C=O) groups excluding carboxylic acids is 2. The molecule has 5 nitrogen and oxygen atoms in total. The Hall–Kier alpha value is -1.56. The van der Waals surface area contributed by atoms with E-state index >= 15 is 0 Å². The molecule has 1 atom stereocenters. The van der Waals surface area contributed by atoms with Crippen LogP contribution >= 0.6 is 15.9 Å². The quantitative estimate of drug-likeness (QED) is 0.665. The topological polar surface area (TPSA) is 49.9 Å². The van der Waals surface area contributed by atoms with Gasteiger partial charge in [-0.25, -0.2) is 4.79 Å². The number of ether oxygens (including phenoxy) is 1. The lowest BCUT2D eigenvalue weighted by molar-refractivity contribution is -0.140. The smallest absolute Gasteiger partial charge is 0.410 e. The van der Waals surface area contributed by atoms with Crippen molar-refractivity contribution in [3.05, 3.63) is 34.3 Å². The van der Waals surface area contributed by atoms with Crippen molar-refractivity contribution in [2.24, 2.45) is 0 Å². The van der Waals surface area contributed by atoms with Gasteiger partial charge >= 0.3 is 6.09 Å². The van der Waals surface area contributed by atoms with Gasteiger partial charge < -0.3 is 9.64 Å². The summed E-state index contributed by atoms with van der Waals surface area (Å²) in [5, 5.41) is 0. The second-order valence-corrected chi connectivity index (χ2v) is 9.29. The van der Waals surface area contributed by atoms with Crippen molar-refractivity contribution in [3.8, 4) is 0 Å². The van der Waals surface area contributed by atoms with Crippen LogP contribution < -0.4 is 0 Å². The minimum absolute atomic E-state index is 0.00141. The first-order valence-electron chi connectivity index (χ1n) is 9.63. The second kappa shape index (κ2) is 9.09. The molecule has 1 saturated heterocycles. The van der Waals surface area contributed by atoms with E-state index in [1.54, 1.807) is 4.90 Å². The first-order valence-corrected chi connectivity index (χ1v) is 10.4. The van der Waals surface area contributed by atoms with E-state index in [0.717, 1.165) is 22.9 Å². The summed E-state index contributed by atoms with van der Waals surface area (Å²) in [5.41, 5.74) is 0.497. The molecule has 0 bridgehead atoms. The molecule has 150 valence electrons. The highest BCUT2D eigenvalue weighted by molar-refractivity contribution is 9.10. The van der Waals surface area contributed by atoms with Gasteiger partial charge in [0.25, 0.3) is 0 Å². The Bertz CT molecular complexity index is 652. The molecular weight excluding hydrogens is 408 g/mol. The van der Waals surface area contributed by atoms with Crippen LogP contribution in [0.4, 0.5) is 4.79 Å². The van der Waals surface area contributed by atoms with Crippen LogP contribution in [0.15, 0.2) is 28.7 Å². The molecule has 0 aliphatic carbocycles. The fraction of sp³-hybridized carbons (Fsp3) is 0.619. The molecule has 0 radical (unpaired) electrons. The number of rotatable bonds is 4. The third-order valence-electron chi connectivity index (χ3n) is 4.59. The van der Waals surface area contributed by atoms with E-state index in [-0.39, 0.29) is 11.9 Å². The molecule has 6 heteroatoms. The maximum atomic E-state index is 13.4. The molecule has 0 saturated carbocycles. The van der Waals surface area contributed by atoms with Crippen molar-refractivity contribution in [2.45, 2.75) is 78.1 Å². The van der Waals surface area contributed by atoms with Crippen LogP contribution in [-0.2, 0) is 16.1 Å².